The Hall–Kier alpha value is -0.260. The van der Waals surface area contributed by atoms with Crippen molar-refractivity contribution in [3.05, 3.63) is 11.1 Å². The van der Waals surface area contributed by atoms with Crippen molar-refractivity contribution in [2.45, 2.75) is 107 Å². The molecule has 0 saturated heterocycles. The van der Waals surface area contributed by atoms with Gasteiger partial charge in [-0.3, -0.25) is 0 Å². The monoisotopic (exact) mass is 346 g/mol. The summed E-state index contributed by atoms with van der Waals surface area (Å²) in [6, 6.07) is 0. The van der Waals surface area contributed by atoms with Gasteiger partial charge in [-0.1, -0.05) is 79.9 Å². The smallest absolute Gasteiger partial charge is 0.0257 e. The first-order chi connectivity index (χ1) is 11.6. The molecule has 0 N–H and O–H groups in total. The quantitative estimate of drug-likeness (QED) is 0.388. The Morgan fingerprint density at radius 2 is 1.72 bits per heavy atom. The average molecular weight is 347 g/mol. The van der Waals surface area contributed by atoms with Gasteiger partial charge in [0.15, 0.2) is 0 Å². The Morgan fingerprint density at radius 3 is 2.08 bits per heavy atom. The first-order valence-corrected chi connectivity index (χ1v) is 11.3. The predicted molar refractivity (Wildman–Crippen MR) is 113 cm³/mol. The van der Waals surface area contributed by atoms with Gasteiger partial charge in [0, 0.05) is 0 Å². The van der Waals surface area contributed by atoms with Gasteiger partial charge in [0.25, 0.3) is 0 Å². The van der Waals surface area contributed by atoms with E-state index in [1.54, 1.807) is 5.57 Å². The van der Waals surface area contributed by atoms with Gasteiger partial charge in [-0.15, -0.1) is 0 Å². The Bertz CT molecular complexity index is 478. The predicted octanol–water partition coefficient (Wildman–Crippen LogP) is 8.27. The summed E-state index contributed by atoms with van der Waals surface area (Å²) in [7, 11) is 0. The van der Waals surface area contributed by atoms with E-state index in [1.165, 1.54) is 44.9 Å². The second kappa shape index (κ2) is 7.77. The number of hydrogen-bond acceptors (Lipinski definition) is 0. The third kappa shape index (κ3) is 3.89. The molecule has 2 aliphatic carbocycles. The number of hydrogen-bond donors (Lipinski definition) is 0. The Balaban J connectivity index is 2.07. The molecular formula is C25H46. The SMILES string of the molecule is CCC1=C(C(C)C)CC(CC2CCC2(C)C(CC)C(C)(C)C(C)C)C1. The maximum atomic E-state index is 2.64. The normalized spacial score (nSPS) is 31.8. The summed E-state index contributed by atoms with van der Waals surface area (Å²) < 4.78 is 0. The van der Waals surface area contributed by atoms with Crippen molar-refractivity contribution in [3.8, 4) is 0 Å². The van der Waals surface area contributed by atoms with Crippen LogP contribution in [0, 0.1) is 40.4 Å². The molecule has 4 unspecified atom stereocenters. The second-order valence-electron chi connectivity index (χ2n) is 10.8. The van der Waals surface area contributed by atoms with Crippen molar-refractivity contribution < 1.29 is 0 Å². The van der Waals surface area contributed by atoms with Crippen LogP contribution in [-0.2, 0) is 0 Å². The van der Waals surface area contributed by atoms with Crippen LogP contribution < -0.4 is 0 Å². The van der Waals surface area contributed by atoms with E-state index in [-0.39, 0.29) is 0 Å². The fraction of sp³-hybridized carbons (Fsp3) is 0.920. The van der Waals surface area contributed by atoms with Crippen molar-refractivity contribution in [2.24, 2.45) is 40.4 Å². The summed E-state index contributed by atoms with van der Waals surface area (Å²) in [5, 5.41) is 0. The number of rotatable bonds is 8. The standard InChI is InChI=1S/C25H46/c1-10-20-14-19(16-22(20)17(3)4)15-21-12-13-25(21,9)23(11-2)24(7,8)18(5)6/h17-19,21,23H,10-16H2,1-9H3. The summed E-state index contributed by atoms with van der Waals surface area (Å²) in [6.45, 7) is 22.2. The van der Waals surface area contributed by atoms with Gasteiger partial charge in [-0.2, -0.15) is 0 Å². The fourth-order valence-electron chi connectivity index (χ4n) is 6.49. The summed E-state index contributed by atoms with van der Waals surface area (Å²) in [5.41, 5.74) is 4.64. The van der Waals surface area contributed by atoms with Crippen molar-refractivity contribution in [2.75, 3.05) is 0 Å². The molecule has 0 nitrogen and oxygen atoms in total. The van der Waals surface area contributed by atoms with E-state index < -0.39 is 0 Å². The Morgan fingerprint density at radius 1 is 1.08 bits per heavy atom. The molecule has 0 aliphatic heterocycles. The molecule has 0 amide bonds. The van der Waals surface area contributed by atoms with Crippen molar-refractivity contribution in [1.29, 1.82) is 0 Å². The molecule has 1 fully saturated rings. The van der Waals surface area contributed by atoms with Crippen LogP contribution in [0.1, 0.15) is 107 Å². The second-order valence-corrected chi connectivity index (χ2v) is 10.8. The van der Waals surface area contributed by atoms with E-state index in [9.17, 15) is 0 Å². The van der Waals surface area contributed by atoms with Crippen LogP contribution in [0.4, 0.5) is 0 Å². The highest BCUT2D eigenvalue weighted by molar-refractivity contribution is 5.23. The molecule has 2 aliphatic rings. The minimum absolute atomic E-state index is 0.452. The lowest BCUT2D eigenvalue weighted by Crippen LogP contribution is -2.50. The lowest BCUT2D eigenvalue weighted by atomic mass is 9.46. The molecule has 0 heteroatoms. The van der Waals surface area contributed by atoms with Crippen molar-refractivity contribution in [1.82, 2.24) is 0 Å². The molecule has 2 rings (SSSR count). The highest BCUT2D eigenvalue weighted by Gasteiger charge is 2.53. The lowest BCUT2D eigenvalue weighted by Gasteiger charge is -2.58. The molecule has 25 heavy (non-hydrogen) atoms. The van der Waals surface area contributed by atoms with Gasteiger partial charge in [0.05, 0.1) is 0 Å². The van der Waals surface area contributed by atoms with E-state index in [1.807, 2.05) is 5.57 Å². The van der Waals surface area contributed by atoms with Crippen LogP contribution in [-0.4, -0.2) is 0 Å². The third-order valence-corrected chi connectivity index (χ3v) is 8.79. The third-order valence-electron chi connectivity index (χ3n) is 8.79. The molecule has 0 heterocycles. The molecular weight excluding hydrogens is 300 g/mol. The molecule has 1 saturated carbocycles. The molecule has 0 bridgehead atoms. The Labute approximate surface area is 159 Å². The molecule has 0 aromatic rings. The molecule has 146 valence electrons. The van der Waals surface area contributed by atoms with Crippen LogP contribution >= 0.6 is 0 Å². The summed E-state index contributed by atoms with van der Waals surface area (Å²) in [6.07, 6.45) is 9.86. The largest absolute Gasteiger partial charge is 0.0707 e. The van der Waals surface area contributed by atoms with E-state index in [4.69, 9.17) is 0 Å². The van der Waals surface area contributed by atoms with E-state index >= 15 is 0 Å². The maximum absolute atomic E-state index is 2.64. The van der Waals surface area contributed by atoms with E-state index in [2.05, 4.69) is 62.3 Å². The molecule has 0 aromatic carbocycles. The van der Waals surface area contributed by atoms with Gasteiger partial charge in [0.1, 0.15) is 0 Å². The van der Waals surface area contributed by atoms with Gasteiger partial charge in [0.2, 0.25) is 0 Å². The average Bonchev–Trinajstić information content (AvgIpc) is 2.95. The minimum Gasteiger partial charge on any atom is -0.0707 e. The molecule has 0 radical (unpaired) electrons. The van der Waals surface area contributed by atoms with Crippen LogP contribution in [0.25, 0.3) is 0 Å². The first-order valence-electron chi connectivity index (χ1n) is 11.3. The fourth-order valence-corrected chi connectivity index (χ4v) is 6.49. The van der Waals surface area contributed by atoms with Crippen LogP contribution in [0.3, 0.4) is 0 Å². The van der Waals surface area contributed by atoms with Gasteiger partial charge < -0.3 is 0 Å². The molecule has 4 atom stereocenters. The van der Waals surface area contributed by atoms with Crippen LogP contribution in [0.5, 0.6) is 0 Å². The lowest BCUT2D eigenvalue weighted by molar-refractivity contribution is -0.0916. The highest BCUT2D eigenvalue weighted by atomic mass is 14.6. The summed E-state index contributed by atoms with van der Waals surface area (Å²) in [5.74, 6) is 4.30. The first kappa shape index (κ1) is 21.0. The van der Waals surface area contributed by atoms with Crippen LogP contribution in [0.2, 0.25) is 0 Å². The zero-order valence-electron chi connectivity index (χ0n) is 18.8. The van der Waals surface area contributed by atoms with Crippen LogP contribution in [0.15, 0.2) is 11.1 Å². The summed E-state index contributed by atoms with van der Waals surface area (Å²) in [4.78, 5) is 0. The molecule has 0 aromatic heterocycles. The minimum atomic E-state index is 0.452. The van der Waals surface area contributed by atoms with E-state index in [0.29, 0.717) is 10.8 Å². The van der Waals surface area contributed by atoms with Crippen molar-refractivity contribution in [3.63, 3.8) is 0 Å². The zero-order valence-corrected chi connectivity index (χ0v) is 18.8. The molecule has 0 spiro atoms. The van der Waals surface area contributed by atoms with Gasteiger partial charge in [-0.05, 0) is 78.9 Å². The van der Waals surface area contributed by atoms with E-state index in [0.717, 1.165) is 29.6 Å². The Kier molecular flexibility index (Phi) is 6.54. The van der Waals surface area contributed by atoms with Gasteiger partial charge >= 0.3 is 0 Å². The summed E-state index contributed by atoms with van der Waals surface area (Å²) >= 11 is 0. The van der Waals surface area contributed by atoms with Gasteiger partial charge in [-0.25, -0.2) is 0 Å². The van der Waals surface area contributed by atoms with Crippen molar-refractivity contribution >= 4 is 0 Å². The zero-order chi connectivity index (χ0) is 19.0. The highest BCUT2D eigenvalue weighted by Crippen LogP contribution is 2.61. The topological polar surface area (TPSA) is 0 Å². The maximum Gasteiger partial charge on any atom is -0.0257 e. The number of allylic oxidation sites excluding steroid dienone is 2.